The van der Waals surface area contributed by atoms with E-state index >= 15 is 0 Å². The van der Waals surface area contributed by atoms with E-state index in [-0.39, 0.29) is 12.1 Å². The molecule has 270 valence electrons. The minimum Gasteiger partial charge on any atom is -0.456 e. The highest BCUT2D eigenvalue weighted by Gasteiger charge is 2.28. The van der Waals surface area contributed by atoms with Gasteiger partial charge in [0.05, 0.1) is 27.7 Å². The van der Waals surface area contributed by atoms with Crippen LogP contribution in [0.4, 0.5) is 0 Å². The molecule has 0 bridgehead atoms. The first-order valence-corrected chi connectivity index (χ1v) is 19.5. The van der Waals surface area contributed by atoms with Gasteiger partial charge < -0.3 is 18.7 Å². The van der Waals surface area contributed by atoms with Crippen LogP contribution in [0.1, 0.15) is 17.5 Å². The number of para-hydroxylation sites is 3. The summed E-state index contributed by atoms with van der Waals surface area (Å²) < 4.78 is 15.8. The highest BCUT2D eigenvalue weighted by atomic mass is 16.3. The molecule has 0 fully saturated rings. The van der Waals surface area contributed by atoms with E-state index in [0.717, 1.165) is 84.1 Å². The fraction of sp³-hybridized carbons (Fsp3) is 0.0588. The Hall–Kier alpha value is -7.44. The number of furan rings is 2. The van der Waals surface area contributed by atoms with Crippen LogP contribution < -0.4 is 5.32 Å². The Kier molecular flexibility index (Phi) is 7.01. The summed E-state index contributed by atoms with van der Waals surface area (Å²) in [6.45, 7) is 0. The van der Waals surface area contributed by atoms with E-state index in [1.165, 1.54) is 21.8 Å². The second-order valence-corrected chi connectivity index (χ2v) is 14.9. The Bertz CT molecular complexity index is 3320. The number of nitrogens with zero attached hydrogens (tertiary/aromatic N) is 3. The van der Waals surface area contributed by atoms with E-state index in [4.69, 9.17) is 18.8 Å². The van der Waals surface area contributed by atoms with E-state index in [9.17, 15) is 0 Å². The number of amidine groups is 2. The van der Waals surface area contributed by atoms with Crippen LogP contribution in [0.15, 0.2) is 195 Å². The molecule has 0 spiro atoms. The molecule has 6 nitrogen and oxygen atoms in total. The van der Waals surface area contributed by atoms with Crippen molar-refractivity contribution in [1.29, 1.82) is 0 Å². The van der Waals surface area contributed by atoms with Gasteiger partial charge in [-0.1, -0.05) is 127 Å². The number of allylic oxidation sites excluding steroid dienone is 3. The van der Waals surface area contributed by atoms with Crippen molar-refractivity contribution >= 4 is 77.4 Å². The van der Waals surface area contributed by atoms with Crippen LogP contribution >= 0.6 is 0 Å². The number of rotatable bonds is 5. The lowest BCUT2D eigenvalue weighted by molar-refractivity contribution is 0.475. The molecule has 1 aliphatic heterocycles. The van der Waals surface area contributed by atoms with Crippen molar-refractivity contribution in [2.24, 2.45) is 15.9 Å². The summed E-state index contributed by atoms with van der Waals surface area (Å²) in [5.41, 5.74) is 10.8. The summed E-state index contributed by atoms with van der Waals surface area (Å²) in [6, 6.07) is 53.0. The van der Waals surface area contributed by atoms with Crippen molar-refractivity contribution in [2.45, 2.75) is 12.6 Å². The maximum absolute atomic E-state index is 6.77. The van der Waals surface area contributed by atoms with Crippen molar-refractivity contribution in [2.75, 3.05) is 0 Å². The van der Waals surface area contributed by atoms with Gasteiger partial charge in [0.25, 0.3) is 0 Å². The molecule has 10 aromatic rings. The summed E-state index contributed by atoms with van der Waals surface area (Å²) in [5, 5.41) is 10.4. The molecule has 3 aromatic heterocycles. The van der Waals surface area contributed by atoms with Gasteiger partial charge in [-0.25, -0.2) is 9.98 Å². The number of hydrogen-bond acceptors (Lipinski definition) is 5. The van der Waals surface area contributed by atoms with Crippen LogP contribution in [0.2, 0.25) is 0 Å². The monoisotopic (exact) mass is 734 g/mol. The van der Waals surface area contributed by atoms with Crippen molar-refractivity contribution < 1.29 is 8.83 Å². The highest BCUT2D eigenvalue weighted by Crippen LogP contribution is 2.42. The van der Waals surface area contributed by atoms with Crippen molar-refractivity contribution in [3.63, 3.8) is 0 Å². The topological polar surface area (TPSA) is 68.0 Å². The van der Waals surface area contributed by atoms with Gasteiger partial charge in [0, 0.05) is 38.4 Å². The molecule has 2 atom stereocenters. The minimum atomic E-state index is -0.171. The molecule has 12 rings (SSSR count). The lowest BCUT2D eigenvalue weighted by atomic mass is 9.96. The maximum atomic E-state index is 6.77. The van der Waals surface area contributed by atoms with Gasteiger partial charge in [-0.2, -0.15) is 0 Å². The number of hydrogen-bond donors (Lipinski definition) is 1. The smallest absolute Gasteiger partial charge is 0.159 e. The normalized spacial score (nSPS) is 16.9. The van der Waals surface area contributed by atoms with E-state index in [0.29, 0.717) is 5.84 Å². The Labute approximate surface area is 327 Å². The third-order valence-electron chi connectivity index (χ3n) is 11.6. The predicted octanol–water partition coefficient (Wildman–Crippen LogP) is 12.5. The quantitative estimate of drug-likeness (QED) is 0.191. The molecule has 0 radical (unpaired) electrons. The Morgan fingerprint density at radius 2 is 1.28 bits per heavy atom. The van der Waals surface area contributed by atoms with Gasteiger partial charge >= 0.3 is 0 Å². The maximum Gasteiger partial charge on any atom is 0.159 e. The summed E-state index contributed by atoms with van der Waals surface area (Å²) in [4.78, 5) is 10.2. The van der Waals surface area contributed by atoms with E-state index < -0.39 is 0 Å². The van der Waals surface area contributed by atoms with E-state index in [1.807, 2.05) is 18.2 Å². The van der Waals surface area contributed by atoms with Gasteiger partial charge in [-0.15, -0.1) is 0 Å². The molecule has 6 heteroatoms. The van der Waals surface area contributed by atoms with Crippen LogP contribution in [0.25, 0.3) is 82.5 Å². The Balaban J connectivity index is 0.997. The van der Waals surface area contributed by atoms with Crippen molar-refractivity contribution in [3.05, 3.63) is 187 Å². The zero-order chi connectivity index (χ0) is 37.5. The van der Waals surface area contributed by atoms with Gasteiger partial charge in [0.1, 0.15) is 34.3 Å². The van der Waals surface area contributed by atoms with Crippen molar-refractivity contribution in [1.82, 2.24) is 9.88 Å². The number of aliphatic imine (C=N–C) groups is 2. The molecule has 0 amide bonds. The molecule has 1 N–H and O–H groups in total. The molecule has 0 saturated carbocycles. The second kappa shape index (κ2) is 12.5. The van der Waals surface area contributed by atoms with Crippen LogP contribution in [0.5, 0.6) is 0 Å². The first-order chi connectivity index (χ1) is 28.3. The second-order valence-electron chi connectivity index (χ2n) is 14.9. The highest BCUT2D eigenvalue weighted by molar-refractivity contribution is 6.22. The summed E-state index contributed by atoms with van der Waals surface area (Å²) >= 11 is 0. The predicted molar refractivity (Wildman–Crippen MR) is 234 cm³/mol. The summed E-state index contributed by atoms with van der Waals surface area (Å²) in [6.07, 6.45) is 9.36. The van der Waals surface area contributed by atoms with Crippen LogP contribution in [-0.2, 0) is 0 Å². The van der Waals surface area contributed by atoms with Crippen LogP contribution in [-0.4, -0.2) is 22.4 Å². The number of aromatic nitrogens is 1. The third kappa shape index (κ3) is 4.97. The molecule has 7 aromatic carbocycles. The van der Waals surface area contributed by atoms with Crippen LogP contribution in [0, 0.1) is 5.92 Å². The van der Waals surface area contributed by atoms with Gasteiger partial charge in [-0.3, -0.25) is 0 Å². The molecular weight excluding hydrogens is 701 g/mol. The SMILES string of the molecule is C1=CCC(C2N=C(c3ccccc3)N=C(c3cccc4c3oc3cccc(-c5ccc6c(c5)oc5cccc(-n7c8ccccc8c8ccccc87)c56)c34)N2)C=C1. The Morgan fingerprint density at radius 1 is 0.561 bits per heavy atom. The number of benzene rings is 7. The number of fused-ring (bicyclic) bond motifs is 9. The molecule has 2 unspecified atom stereocenters. The Morgan fingerprint density at radius 3 is 2.09 bits per heavy atom. The zero-order valence-electron chi connectivity index (χ0n) is 30.8. The lowest BCUT2D eigenvalue weighted by Gasteiger charge is -2.28. The molecule has 57 heavy (non-hydrogen) atoms. The molecule has 1 aliphatic carbocycles. The van der Waals surface area contributed by atoms with E-state index in [2.05, 4.69) is 168 Å². The standard InChI is InChI=1S/C51H34N4O2/c1-3-14-31(15-4-1)49-52-50(32-16-5-2-6-17-32)54-51(53-49)39-22-11-21-38-46-34(20-12-26-43(46)57-48(38)39)33-28-29-37-45(30-33)56-44-27-13-25-42(47(37)44)55-40-23-9-7-18-35(40)36-19-8-10-24-41(36)55/h1-16,18-30,32,50H,17H2,(H,52,53,54). The van der Waals surface area contributed by atoms with Gasteiger partial charge in [-0.05, 0) is 66.1 Å². The number of nitrogens with one attached hydrogen (secondary N) is 1. The van der Waals surface area contributed by atoms with E-state index in [1.54, 1.807) is 0 Å². The average Bonchev–Trinajstić information content (AvgIpc) is 3.96. The largest absolute Gasteiger partial charge is 0.456 e. The molecule has 2 aliphatic rings. The fourth-order valence-electron chi connectivity index (χ4n) is 8.99. The minimum absolute atomic E-state index is 0.171. The molecular formula is C51H34N4O2. The lowest BCUT2D eigenvalue weighted by Crippen LogP contribution is -2.43. The first kappa shape index (κ1) is 31.9. The fourth-order valence-corrected chi connectivity index (χ4v) is 8.99. The van der Waals surface area contributed by atoms with Crippen molar-refractivity contribution in [3.8, 4) is 16.8 Å². The third-order valence-corrected chi connectivity index (χ3v) is 11.6. The molecule has 4 heterocycles. The summed E-state index contributed by atoms with van der Waals surface area (Å²) in [7, 11) is 0. The summed E-state index contributed by atoms with van der Waals surface area (Å²) in [5.74, 6) is 1.67. The van der Waals surface area contributed by atoms with Gasteiger partial charge in [0.15, 0.2) is 5.84 Å². The zero-order valence-corrected chi connectivity index (χ0v) is 30.8. The van der Waals surface area contributed by atoms with Crippen LogP contribution in [0.3, 0.4) is 0 Å². The first-order valence-electron chi connectivity index (χ1n) is 19.5. The molecule has 0 saturated heterocycles. The van der Waals surface area contributed by atoms with Gasteiger partial charge in [0.2, 0.25) is 0 Å². The average molecular weight is 735 g/mol.